The minimum absolute atomic E-state index is 0.275. The second-order valence-corrected chi connectivity index (χ2v) is 5.04. The van der Waals surface area contributed by atoms with Crippen LogP contribution < -0.4 is 0 Å². The number of halogens is 1. The van der Waals surface area contributed by atoms with Gasteiger partial charge in [-0.3, -0.25) is 0 Å². The van der Waals surface area contributed by atoms with Crippen LogP contribution in [-0.4, -0.2) is 49.2 Å². The fourth-order valence-corrected chi connectivity index (χ4v) is 2.39. The van der Waals surface area contributed by atoms with Crippen molar-refractivity contribution >= 4 is 11.7 Å². The van der Waals surface area contributed by atoms with Gasteiger partial charge in [0.05, 0.1) is 18.1 Å². The van der Waals surface area contributed by atoms with Gasteiger partial charge in [0.25, 0.3) is 0 Å². The molecule has 0 bridgehead atoms. The summed E-state index contributed by atoms with van der Waals surface area (Å²) in [5, 5.41) is 16.9. The highest BCUT2D eigenvalue weighted by Crippen LogP contribution is 2.27. The van der Waals surface area contributed by atoms with Crippen molar-refractivity contribution < 1.29 is 14.3 Å². The summed E-state index contributed by atoms with van der Waals surface area (Å²) >= 11 is 0. The first kappa shape index (κ1) is 14.2. The van der Waals surface area contributed by atoms with Gasteiger partial charge >= 0.3 is 6.09 Å². The van der Waals surface area contributed by atoms with Crippen LogP contribution >= 0.6 is 0 Å². The predicted molar refractivity (Wildman–Crippen MR) is 76.0 cm³/mol. The van der Waals surface area contributed by atoms with Crippen LogP contribution in [0.2, 0.25) is 0 Å². The molecule has 8 heteroatoms. The minimum Gasteiger partial charge on any atom is -0.465 e. The van der Waals surface area contributed by atoms with Gasteiger partial charge in [0.15, 0.2) is 5.82 Å². The van der Waals surface area contributed by atoms with E-state index < -0.39 is 11.9 Å². The van der Waals surface area contributed by atoms with E-state index in [1.165, 1.54) is 15.6 Å². The summed E-state index contributed by atoms with van der Waals surface area (Å²) in [5.41, 5.74) is 2.19. The van der Waals surface area contributed by atoms with Crippen molar-refractivity contribution in [2.75, 3.05) is 13.1 Å². The molecule has 0 spiro atoms. The van der Waals surface area contributed by atoms with E-state index in [9.17, 15) is 9.18 Å². The molecule has 1 aliphatic heterocycles. The molecule has 0 aromatic carbocycles. The number of nitrogens with zero attached hydrogens (tertiary/aromatic N) is 5. The van der Waals surface area contributed by atoms with Crippen LogP contribution in [0.4, 0.5) is 9.18 Å². The van der Waals surface area contributed by atoms with Crippen LogP contribution in [0.3, 0.4) is 0 Å². The molecule has 0 aliphatic carbocycles. The second-order valence-electron chi connectivity index (χ2n) is 5.04. The molecule has 0 saturated carbocycles. The number of hydrogen-bond donors (Lipinski definition) is 1. The normalized spacial score (nSPS) is 14.8. The third-order valence-corrected chi connectivity index (χ3v) is 3.48. The third kappa shape index (κ3) is 2.67. The summed E-state index contributed by atoms with van der Waals surface area (Å²) in [6, 6.07) is 1.39. The standard InChI is InChI=1S/C14H14FN5O2/c1-9-8-20(18-17-9)13-12(6-11(15)7-16-13)10-2-4-19(5-3-10)14(21)22/h2,6-8H,3-5H2,1H3,(H,21,22). The second kappa shape index (κ2) is 5.55. The molecule has 114 valence electrons. The molecule has 2 aromatic heterocycles. The first-order valence-electron chi connectivity index (χ1n) is 6.77. The topological polar surface area (TPSA) is 84.1 Å². The Labute approximate surface area is 125 Å². The van der Waals surface area contributed by atoms with Crippen molar-refractivity contribution in [2.24, 2.45) is 0 Å². The zero-order chi connectivity index (χ0) is 15.7. The van der Waals surface area contributed by atoms with Gasteiger partial charge in [-0.25, -0.2) is 18.9 Å². The number of aromatic nitrogens is 4. The lowest BCUT2D eigenvalue weighted by Gasteiger charge is -2.24. The molecule has 1 aliphatic rings. The molecule has 0 fully saturated rings. The SMILES string of the molecule is Cc1cn(-c2ncc(F)cc2C2=CCN(C(=O)O)CC2)nn1. The maximum atomic E-state index is 13.6. The highest BCUT2D eigenvalue weighted by atomic mass is 19.1. The molecule has 0 unspecified atom stereocenters. The smallest absolute Gasteiger partial charge is 0.407 e. The number of rotatable bonds is 2. The van der Waals surface area contributed by atoms with Crippen molar-refractivity contribution in [1.82, 2.24) is 24.9 Å². The molecule has 1 amide bonds. The Kier molecular flexibility index (Phi) is 3.58. The van der Waals surface area contributed by atoms with Gasteiger partial charge in [-0.15, -0.1) is 5.10 Å². The van der Waals surface area contributed by atoms with Gasteiger partial charge in [0.1, 0.15) is 5.82 Å². The lowest BCUT2D eigenvalue weighted by atomic mass is 10.00. The van der Waals surface area contributed by atoms with E-state index in [0.717, 1.165) is 17.5 Å². The summed E-state index contributed by atoms with van der Waals surface area (Å²) in [6.45, 7) is 2.45. The van der Waals surface area contributed by atoms with Crippen molar-refractivity contribution in [1.29, 1.82) is 0 Å². The van der Waals surface area contributed by atoms with Crippen molar-refractivity contribution in [2.45, 2.75) is 13.3 Å². The van der Waals surface area contributed by atoms with E-state index in [4.69, 9.17) is 5.11 Å². The maximum absolute atomic E-state index is 13.6. The first-order valence-corrected chi connectivity index (χ1v) is 6.77. The third-order valence-electron chi connectivity index (χ3n) is 3.48. The van der Waals surface area contributed by atoms with Crippen LogP contribution in [0.5, 0.6) is 0 Å². The number of carboxylic acid groups (broad SMARTS) is 1. The zero-order valence-corrected chi connectivity index (χ0v) is 11.9. The number of amides is 1. The van der Waals surface area contributed by atoms with Crippen LogP contribution in [0.25, 0.3) is 11.4 Å². The summed E-state index contributed by atoms with van der Waals surface area (Å²) in [6.07, 6.45) is 4.15. The molecule has 7 nitrogen and oxygen atoms in total. The average molecular weight is 303 g/mol. The Hall–Kier alpha value is -2.77. The molecular weight excluding hydrogens is 289 g/mol. The van der Waals surface area contributed by atoms with Crippen LogP contribution in [0.1, 0.15) is 17.7 Å². The molecule has 0 atom stereocenters. The number of pyridine rings is 1. The van der Waals surface area contributed by atoms with Gasteiger partial charge in [0.2, 0.25) is 0 Å². The fourth-order valence-electron chi connectivity index (χ4n) is 2.39. The van der Waals surface area contributed by atoms with E-state index in [-0.39, 0.29) is 6.54 Å². The molecular formula is C14H14FN5O2. The zero-order valence-electron chi connectivity index (χ0n) is 11.9. The van der Waals surface area contributed by atoms with E-state index in [0.29, 0.717) is 24.3 Å². The van der Waals surface area contributed by atoms with Gasteiger partial charge in [0, 0.05) is 18.7 Å². The number of hydrogen-bond acceptors (Lipinski definition) is 4. The molecule has 3 heterocycles. The molecule has 1 N–H and O–H groups in total. The van der Waals surface area contributed by atoms with Crippen molar-refractivity contribution in [3.05, 3.63) is 41.6 Å². The first-order chi connectivity index (χ1) is 10.5. The van der Waals surface area contributed by atoms with E-state index in [1.54, 1.807) is 19.2 Å². The Bertz CT molecular complexity index is 755. The summed E-state index contributed by atoms with van der Waals surface area (Å²) in [5.74, 6) is 0.0363. The van der Waals surface area contributed by atoms with Crippen molar-refractivity contribution in [3.63, 3.8) is 0 Å². The molecule has 22 heavy (non-hydrogen) atoms. The van der Waals surface area contributed by atoms with E-state index in [1.807, 2.05) is 0 Å². The van der Waals surface area contributed by atoms with Gasteiger partial charge < -0.3 is 10.0 Å². The summed E-state index contributed by atoms with van der Waals surface area (Å²) < 4.78 is 15.1. The van der Waals surface area contributed by atoms with Crippen molar-refractivity contribution in [3.8, 4) is 5.82 Å². The van der Waals surface area contributed by atoms with Gasteiger partial charge in [-0.1, -0.05) is 11.3 Å². The van der Waals surface area contributed by atoms with Crippen LogP contribution in [-0.2, 0) is 0 Å². The number of aryl methyl sites for hydroxylation is 1. The highest BCUT2D eigenvalue weighted by molar-refractivity contribution is 5.74. The monoisotopic (exact) mass is 303 g/mol. The largest absolute Gasteiger partial charge is 0.465 e. The lowest BCUT2D eigenvalue weighted by molar-refractivity contribution is 0.150. The molecule has 0 radical (unpaired) electrons. The Morgan fingerprint density at radius 3 is 2.86 bits per heavy atom. The van der Waals surface area contributed by atoms with Crippen LogP contribution in [0.15, 0.2) is 24.5 Å². The quantitative estimate of drug-likeness (QED) is 0.915. The van der Waals surface area contributed by atoms with Gasteiger partial charge in [-0.2, -0.15) is 0 Å². The average Bonchev–Trinajstić information content (AvgIpc) is 2.93. The summed E-state index contributed by atoms with van der Waals surface area (Å²) in [7, 11) is 0. The minimum atomic E-state index is -0.959. The Morgan fingerprint density at radius 2 is 2.27 bits per heavy atom. The predicted octanol–water partition coefficient (Wildman–Crippen LogP) is 1.88. The maximum Gasteiger partial charge on any atom is 0.407 e. The Balaban J connectivity index is 2.00. The highest BCUT2D eigenvalue weighted by Gasteiger charge is 2.20. The lowest BCUT2D eigenvalue weighted by Crippen LogP contribution is -2.33. The molecule has 0 saturated heterocycles. The summed E-state index contributed by atoms with van der Waals surface area (Å²) in [4.78, 5) is 16.4. The number of carbonyl (C=O) groups is 1. The van der Waals surface area contributed by atoms with Gasteiger partial charge in [-0.05, 0) is 25.0 Å². The van der Waals surface area contributed by atoms with E-state index >= 15 is 0 Å². The van der Waals surface area contributed by atoms with Crippen LogP contribution in [0, 0.1) is 12.7 Å². The molecule has 3 rings (SSSR count). The Morgan fingerprint density at radius 1 is 1.45 bits per heavy atom. The van der Waals surface area contributed by atoms with E-state index in [2.05, 4.69) is 15.3 Å². The molecule has 2 aromatic rings. The fraction of sp³-hybridized carbons (Fsp3) is 0.286.